The third kappa shape index (κ3) is 5.71. The van der Waals surface area contributed by atoms with Crippen molar-refractivity contribution >= 4 is 17.4 Å². The largest absolute Gasteiger partial charge is 0.505 e. The number of phenols is 1. The van der Waals surface area contributed by atoms with Crippen molar-refractivity contribution in [3.63, 3.8) is 0 Å². The average molecular weight is 442 g/mol. The predicted molar refractivity (Wildman–Crippen MR) is 124 cm³/mol. The van der Waals surface area contributed by atoms with Crippen LogP contribution in [-0.4, -0.2) is 47.0 Å². The van der Waals surface area contributed by atoms with Gasteiger partial charge in [0.1, 0.15) is 11.5 Å². The molecule has 0 fully saturated rings. The molecule has 8 heteroatoms. The molecule has 1 unspecified atom stereocenters. The number of aromatic hydroxyl groups is 1. The number of terminal acetylenes is 1. The van der Waals surface area contributed by atoms with Gasteiger partial charge in [0, 0.05) is 14.1 Å². The number of furan rings is 1. The molecule has 1 aromatic carbocycles. The Kier molecular flexibility index (Phi) is 10.1. The van der Waals surface area contributed by atoms with Crippen LogP contribution in [0.3, 0.4) is 0 Å². The fourth-order valence-electron chi connectivity index (χ4n) is 2.85. The highest BCUT2D eigenvalue weighted by atomic mass is 16.3. The summed E-state index contributed by atoms with van der Waals surface area (Å²) < 4.78 is 5.42. The highest BCUT2D eigenvalue weighted by Crippen LogP contribution is 2.32. The molecule has 32 heavy (non-hydrogen) atoms. The second kappa shape index (κ2) is 12.2. The number of nitrogens with zero attached hydrogens (tertiary/aromatic N) is 1. The molecule has 2 aromatic rings. The van der Waals surface area contributed by atoms with Crippen LogP contribution in [0.2, 0.25) is 0 Å². The van der Waals surface area contributed by atoms with Gasteiger partial charge >= 0.3 is 0 Å². The van der Waals surface area contributed by atoms with Gasteiger partial charge in [0.05, 0.1) is 29.8 Å². The smallest absolute Gasteiger partial charge is 0.257 e. The molecule has 0 spiro atoms. The highest BCUT2D eigenvalue weighted by molar-refractivity contribution is 6.11. The molecular weight excluding hydrogens is 410 g/mol. The van der Waals surface area contributed by atoms with Crippen molar-refractivity contribution in [1.82, 2.24) is 10.2 Å². The van der Waals surface area contributed by atoms with E-state index >= 15 is 0 Å². The maximum atomic E-state index is 12.2. The molecule has 0 radical (unpaired) electrons. The minimum atomic E-state index is -1.27. The molecule has 0 aliphatic heterocycles. The van der Waals surface area contributed by atoms with E-state index in [0.29, 0.717) is 18.0 Å². The van der Waals surface area contributed by atoms with E-state index < -0.39 is 11.9 Å². The van der Waals surface area contributed by atoms with Crippen LogP contribution in [0.25, 0.3) is 0 Å². The number of hydrogen-bond acceptors (Lipinski definition) is 7. The van der Waals surface area contributed by atoms with Crippen LogP contribution >= 0.6 is 0 Å². The van der Waals surface area contributed by atoms with Gasteiger partial charge in [-0.25, -0.2) is 0 Å². The number of anilines is 1. The lowest BCUT2D eigenvalue weighted by Gasteiger charge is -2.29. The lowest BCUT2D eigenvalue weighted by Crippen LogP contribution is -2.45. The summed E-state index contributed by atoms with van der Waals surface area (Å²) in [5.74, 6) is -0.449. The number of phenolic OH excluding ortho intramolecular Hbond substituents is 1. The quantitative estimate of drug-likeness (QED) is 0.386. The average Bonchev–Trinajstić information content (AvgIpc) is 3.29. The number of carbonyl (C=O) groups excluding carboxylic acids is 2. The Hall–Kier alpha value is -3.70. The maximum Gasteiger partial charge on any atom is 0.257 e. The zero-order chi connectivity index (χ0) is 24.4. The Balaban J connectivity index is 0.00000121. The lowest BCUT2D eigenvalue weighted by molar-refractivity contribution is -0.124. The van der Waals surface area contributed by atoms with E-state index in [-0.39, 0.29) is 28.6 Å². The molecule has 3 rings (SSSR count). The molecule has 1 atom stereocenters. The first kappa shape index (κ1) is 26.3. The molecule has 0 saturated heterocycles. The Morgan fingerprint density at radius 3 is 2.47 bits per heavy atom. The summed E-state index contributed by atoms with van der Waals surface area (Å²) >= 11 is 0. The fraction of sp³-hybridized carbons (Fsp3) is 0.333. The number of nitrogens with one attached hydrogen (secondary N) is 2. The SMILES string of the molecule is C#C.CC.CCc1coc(CNC2=C(Nc3cccc(C(=O)N(C)C)c3O)C(=O)C2O)c1. The summed E-state index contributed by atoms with van der Waals surface area (Å²) in [4.78, 5) is 25.6. The van der Waals surface area contributed by atoms with Gasteiger partial charge in [-0.05, 0) is 30.2 Å². The monoisotopic (exact) mass is 441 g/mol. The van der Waals surface area contributed by atoms with Gasteiger partial charge in [-0.15, -0.1) is 12.8 Å². The number of aliphatic hydroxyl groups is 1. The van der Waals surface area contributed by atoms with E-state index in [1.165, 1.54) is 11.0 Å². The van der Waals surface area contributed by atoms with Crippen LogP contribution in [-0.2, 0) is 17.8 Å². The summed E-state index contributed by atoms with van der Waals surface area (Å²) in [6, 6.07) is 6.54. The summed E-state index contributed by atoms with van der Waals surface area (Å²) in [5, 5.41) is 26.2. The van der Waals surface area contributed by atoms with E-state index in [0.717, 1.165) is 12.0 Å². The molecule has 1 aliphatic rings. The number of hydrogen-bond donors (Lipinski definition) is 4. The number of ketones is 1. The van der Waals surface area contributed by atoms with Crippen molar-refractivity contribution in [3.8, 4) is 18.6 Å². The number of carbonyl (C=O) groups is 2. The zero-order valence-corrected chi connectivity index (χ0v) is 19.1. The summed E-state index contributed by atoms with van der Waals surface area (Å²) in [6.07, 6.45) is 9.25. The van der Waals surface area contributed by atoms with E-state index in [2.05, 4.69) is 23.5 Å². The molecule has 172 valence electrons. The Morgan fingerprint density at radius 2 is 1.91 bits per heavy atom. The first-order valence-corrected chi connectivity index (χ1v) is 10.2. The molecule has 1 amide bonds. The third-order valence-corrected chi connectivity index (χ3v) is 4.54. The number of aliphatic hydroxyl groups excluding tert-OH is 1. The summed E-state index contributed by atoms with van der Waals surface area (Å²) in [7, 11) is 3.16. The summed E-state index contributed by atoms with van der Waals surface area (Å²) in [6.45, 7) is 6.32. The van der Waals surface area contributed by atoms with Gasteiger partial charge in [-0.1, -0.05) is 26.8 Å². The van der Waals surface area contributed by atoms with Gasteiger partial charge in [0.25, 0.3) is 5.91 Å². The molecular formula is C24H31N3O5. The van der Waals surface area contributed by atoms with Crippen molar-refractivity contribution in [2.75, 3.05) is 19.4 Å². The first-order valence-electron chi connectivity index (χ1n) is 10.2. The van der Waals surface area contributed by atoms with E-state index in [1.807, 2.05) is 26.8 Å². The Labute approximate surface area is 188 Å². The van der Waals surface area contributed by atoms with Crippen LogP contribution in [0, 0.1) is 12.8 Å². The van der Waals surface area contributed by atoms with Crippen molar-refractivity contribution in [3.05, 3.63) is 58.8 Å². The van der Waals surface area contributed by atoms with Crippen LogP contribution < -0.4 is 10.6 Å². The maximum absolute atomic E-state index is 12.2. The number of Topliss-reactive ketones (excluding diaryl/α,β-unsaturated/α-hetero) is 1. The normalized spacial score (nSPS) is 14.2. The van der Waals surface area contributed by atoms with Crippen LogP contribution in [0.1, 0.15) is 42.5 Å². The second-order valence-corrected chi connectivity index (χ2v) is 6.71. The number of para-hydroxylation sites is 1. The molecule has 1 aromatic heterocycles. The van der Waals surface area contributed by atoms with E-state index in [9.17, 15) is 19.8 Å². The molecule has 0 bridgehead atoms. The van der Waals surface area contributed by atoms with E-state index in [4.69, 9.17) is 4.42 Å². The van der Waals surface area contributed by atoms with Crippen LogP contribution in [0.15, 0.2) is 46.3 Å². The number of rotatable bonds is 7. The fourth-order valence-corrected chi connectivity index (χ4v) is 2.85. The topological polar surface area (TPSA) is 115 Å². The van der Waals surface area contributed by atoms with Gasteiger partial charge in [0.2, 0.25) is 5.78 Å². The van der Waals surface area contributed by atoms with E-state index in [1.54, 1.807) is 32.5 Å². The molecule has 8 nitrogen and oxygen atoms in total. The lowest BCUT2D eigenvalue weighted by atomic mass is 9.94. The van der Waals surface area contributed by atoms with Crippen LogP contribution in [0.4, 0.5) is 5.69 Å². The molecule has 4 N–H and O–H groups in total. The van der Waals surface area contributed by atoms with Gasteiger partial charge < -0.3 is 30.2 Å². The first-order chi connectivity index (χ1) is 15.3. The number of benzene rings is 1. The second-order valence-electron chi connectivity index (χ2n) is 6.71. The van der Waals surface area contributed by atoms with Crippen molar-refractivity contribution in [2.45, 2.75) is 39.8 Å². The Morgan fingerprint density at radius 1 is 1.25 bits per heavy atom. The Bertz CT molecular complexity index is 989. The standard InChI is InChI=1S/C20H23N3O5.C2H6.C2H2/c1-4-11-8-12(28-10-11)9-21-15-16(19(26)18(15)25)22-14-7-5-6-13(17(14)24)20(27)23(2)3;2*1-2/h5-8,10,18,21-22,24-25H,4,9H2,1-3H3;1-2H3;1-2H. The number of aryl methyl sites for hydroxylation is 1. The summed E-state index contributed by atoms with van der Waals surface area (Å²) in [5.41, 5.74) is 1.82. The van der Waals surface area contributed by atoms with Crippen molar-refractivity contribution in [2.24, 2.45) is 0 Å². The van der Waals surface area contributed by atoms with Crippen molar-refractivity contribution in [1.29, 1.82) is 0 Å². The predicted octanol–water partition coefficient (Wildman–Crippen LogP) is 2.88. The zero-order valence-electron chi connectivity index (χ0n) is 19.1. The van der Waals surface area contributed by atoms with Gasteiger partial charge in [0.15, 0.2) is 11.9 Å². The highest BCUT2D eigenvalue weighted by Gasteiger charge is 2.38. The van der Waals surface area contributed by atoms with Gasteiger partial charge in [-0.2, -0.15) is 0 Å². The number of amides is 1. The van der Waals surface area contributed by atoms with Crippen LogP contribution in [0.5, 0.6) is 5.75 Å². The minimum absolute atomic E-state index is 0.111. The third-order valence-electron chi connectivity index (χ3n) is 4.54. The minimum Gasteiger partial charge on any atom is -0.505 e. The van der Waals surface area contributed by atoms with Gasteiger partial charge in [-0.3, -0.25) is 9.59 Å². The van der Waals surface area contributed by atoms with Crippen molar-refractivity contribution < 1.29 is 24.2 Å². The molecule has 1 heterocycles. The molecule has 1 aliphatic carbocycles. The molecule has 0 saturated carbocycles.